The molecule has 4 aromatic rings. The molecule has 4 aromatic carbocycles. The molecule has 5 heteroatoms. The Morgan fingerprint density at radius 3 is 2.30 bits per heavy atom. The molecule has 0 saturated carbocycles. The van der Waals surface area contributed by atoms with Gasteiger partial charge in [0.1, 0.15) is 0 Å². The van der Waals surface area contributed by atoms with E-state index in [2.05, 4.69) is 29.2 Å². The molecule has 0 fully saturated rings. The maximum Gasteiger partial charge on any atom is 0.254 e. The van der Waals surface area contributed by atoms with E-state index in [0.29, 0.717) is 35.1 Å². The number of amides is 1. The second-order valence-electron chi connectivity index (χ2n) is 8.30. The molecule has 0 aliphatic heterocycles. The van der Waals surface area contributed by atoms with Gasteiger partial charge >= 0.3 is 0 Å². The van der Waals surface area contributed by atoms with Crippen molar-refractivity contribution in [2.75, 3.05) is 25.5 Å². The number of hydrogen-bond donors (Lipinski definition) is 0. The van der Waals surface area contributed by atoms with E-state index in [9.17, 15) is 4.79 Å². The average molecular weight is 477 g/mol. The highest BCUT2D eigenvalue weighted by molar-refractivity contribution is 6.35. The summed E-state index contributed by atoms with van der Waals surface area (Å²) in [6, 6.07) is 27.7. The molecular weight excluding hydrogens is 451 g/mol. The van der Waals surface area contributed by atoms with Crippen LogP contribution in [0.15, 0.2) is 84.9 Å². The van der Waals surface area contributed by atoms with Crippen molar-refractivity contribution in [3.05, 3.63) is 112 Å². The van der Waals surface area contributed by atoms with Crippen LogP contribution in [-0.4, -0.2) is 31.4 Å². The zero-order chi connectivity index (χ0) is 23.4. The molecule has 0 spiro atoms. The summed E-state index contributed by atoms with van der Waals surface area (Å²) in [6.45, 7) is 1.06. The van der Waals surface area contributed by atoms with Gasteiger partial charge in [-0.05, 0) is 58.7 Å². The Labute approximate surface area is 205 Å². The lowest BCUT2D eigenvalue weighted by molar-refractivity contribution is 0.0747. The van der Waals surface area contributed by atoms with Crippen LogP contribution in [0.2, 0.25) is 10.0 Å². The fraction of sp³-hybridized carbons (Fsp3) is 0.179. The van der Waals surface area contributed by atoms with Crippen LogP contribution in [0.25, 0.3) is 10.8 Å². The first-order valence-corrected chi connectivity index (χ1v) is 11.6. The van der Waals surface area contributed by atoms with E-state index in [1.54, 1.807) is 6.07 Å². The van der Waals surface area contributed by atoms with Crippen molar-refractivity contribution in [2.45, 2.75) is 13.0 Å². The molecule has 0 heterocycles. The molecule has 0 aliphatic carbocycles. The van der Waals surface area contributed by atoms with Gasteiger partial charge in [-0.25, -0.2) is 0 Å². The zero-order valence-electron chi connectivity index (χ0n) is 18.8. The van der Waals surface area contributed by atoms with Crippen LogP contribution < -0.4 is 4.90 Å². The first-order chi connectivity index (χ1) is 15.9. The molecule has 1 amide bonds. The molecule has 0 atom stereocenters. The SMILES string of the molecule is CN(C)c1ccc(CN(CCc2ccc(Cl)cc2Cl)C(=O)c2cccc3ccccc23)cc1. The molecule has 0 saturated heterocycles. The van der Waals surface area contributed by atoms with Crippen LogP contribution in [-0.2, 0) is 13.0 Å². The van der Waals surface area contributed by atoms with E-state index < -0.39 is 0 Å². The second-order valence-corrected chi connectivity index (χ2v) is 9.14. The van der Waals surface area contributed by atoms with Crippen LogP contribution in [0.5, 0.6) is 0 Å². The van der Waals surface area contributed by atoms with Crippen LogP contribution >= 0.6 is 23.2 Å². The summed E-state index contributed by atoms with van der Waals surface area (Å²) in [5, 5.41) is 3.24. The number of carbonyl (C=O) groups excluding carboxylic acids is 1. The lowest BCUT2D eigenvalue weighted by Gasteiger charge is -2.24. The fourth-order valence-electron chi connectivity index (χ4n) is 3.93. The third kappa shape index (κ3) is 5.50. The molecular formula is C28H26Cl2N2O. The Bertz CT molecular complexity index is 1260. The van der Waals surface area contributed by atoms with Gasteiger partial charge in [0.05, 0.1) is 0 Å². The Morgan fingerprint density at radius 1 is 0.848 bits per heavy atom. The standard InChI is InChI=1S/C28H26Cl2N2O/c1-31(2)24-14-10-20(11-15-24)19-32(17-16-22-12-13-23(29)18-27(22)30)28(33)26-9-5-7-21-6-3-4-8-25(21)26/h3-15,18H,16-17,19H2,1-2H3. The van der Waals surface area contributed by atoms with Crippen molar-refractivity contribution in [1.82, 2.24) is 4.90 Å². The number of fused-ring (bicyclic) bond motifs is 1. The number of benzene rings is 4. The first kappa shape index (κ1) is 23.2. The Morgan fingerprint density at radius 2 is 1.58 bits per heavy atom. The lowest BCUT2D eigenvalue weighted by Crippen LogP contribution is -2.32. The smallest absolute Gasteiger partial charge is 0.254 e. The van der Waals surface area contributed by atoms with Gasteiger partial charge < -0.3 is 9.80 Å². The van der Waals surface area contributed by atoms with E-state index in [-0.39, 0.29) is 5.91 Å². The molecule has 4 rings (SSSR count). The lowest BCUT2D eigenvalue weighted by atomic mass is 10.0. The highest BCUT2D eigenvalue weighted by Crippen LogP contribution is 2.24. The minimum atomic E-state index is 0.00794. The van der Waals surface area contributed by atoms with Gasteiger partial charge in [0.2, 0.25) is 0 Å². The molecule has 0 aliphatic rings. The summed E-state index contributed by atoms with van der Waals surface area (Å²) < 4.78 is 0. The molecule has 0 aromatic heterocycles. The van der Waals surface area contributed by atoms with Crippen molar-refractivity contribution in [3.63, 3.8) is 0 Å². The number of anilines is 1. The van der Waals surface area contributed by atoms with Crippen LogP contribution in [0.1, 0.15) is 21.5 Å². The third-order valence-corrected chi connectivity index (χ3v) is 6.39. The Hall–Kier alpha value is -3.01. The molecule has 3 nitrogen and oxygen atoms in total. The van der Waals surface area contributed by atoms with Crippen molar-refractivity contribution in [2.24, 2.45) is 0 Å². The van der Waals surface area contributed by atoms with E-state index in [1.807, 2.05) is 73.6 Å². The van der Waals surface area contributed by atoms with Gasteiger partial charge in [-0.15, -0.1) is 0 Å². The maximum absolute atomic E-state index is 13.8. The molecule has 33 heavy (non-hydrogen) atoms. The molecule has 0 bridgehead atoms. The monoisotopic (exact) mass is 476 g/mol. The minimum Gasteiger partial charge on any atom is -0.378 e. The third-order valence-electron chi connectivity index (χ3n) is 5.80. The summed E-state index contributed by atoms with van der Waals surface area (Å²) in [4.78, 5) is 17.7. The minimum absolute atomic E-state index is 0.00794. The number of halogens is 2. The number of hydrogen-bond acceptors (Lipinski definition) is 2. The van der Waals surface area contributed by atoms with Crippen molar-refractivity contribution in [1.29, 1.82) is 0 Å². The van der Waals surface area contributed by atoms with E-state index in [1.165, 1.54) is 0 Å². The van der Waals surface area contributed by atoms with E-state index in [0.717, 1.165) is 27.6 Å². The van der Waals surface area contributed by atoms with Crippen molar-refractivity contribution in [3.8, 4) is 0 Å². The zero-order valence-corrected chi connectivity index (χ0v) is 20.3. The van der Waals surface area contributed by atoms with Crippen molar-refractivity contribution < 1.29 is 4.79 Å². The predicted octanol–water partition coefficient (Wildman–Crippen LogP) is 7.10. The van der Waals surface area contributed by atoms with Crippen LogP contribution in [0.3, 0.4) is 0 Å². The highest BCUT2D eigenvalue weighted by atomic mass is 35.5. The Balaban J connectivity index is 1.64. The number of carbonyl (C=O) groups is 1. The average Bonchev–Trinajstić information content (AvgIpc) is 2.82. The highest BCUT2D eigenvalue weighted by Gasteiger charge is 2.19. The van der Waals surface area contributed by atoms with Crippen molar-refractivity contribution >= 4 is 45.6 Å². The first-order valence-electron chi connectivity index (χ1n) is 10.9. The van der Waals surface area contributed by atoms with E-state index in [4.69, 9.17) is 23.2 Å². The number of nitrogens with zero attached hydrogens (tertiary/aromatic N) is 2. The van der Waals surface area contributed by atoms with Crippen LogP contribution in [0.4, 0.5) is 5.69 Å². The molecule has 168 valence electrons. The summed E-state index contributed by atoms with van der Waals surface area (Å²) in [6.07, 6.45) is 0.641. The van der Waals surface area contributed by atoms with Crippen LogP contribution in [0, 0.1) is 0 Å². The maximum atomic E-state index is 13.8. The van der Waals surface area contributed by atoms with Gasteiger partial charge in [0, 0.05) is 48.5 Å². The largest absolute Gasteiger partial charge is 0.378 e. The van der Waals surface area contributed by atoms with Gasteiger partial charge in [-0.1, -0.05) is 77.8 Å². The summed E-state index contributed by atoms with van der Waals surface area (Å²) in [5.41, 5.74) is 3.88. The molecule has 0 radical (unpaired) electrons. The topological polar surface area (TPSA) is 23.6 Å². The summed E-state index contributed by atoms with van der Waals surface area (Å²) >= 11 is 12.5. The number of rotatable bonds is 7. The summed E-state index contributed by atoms with van der Waals surface area (Å²) in [5.74, 6) is 0.00794. The van der Waals surface area contributed by atoms with Gasteiger partial charge in [0.15, 0.2) is 0 Å². The van der Waals surface area contributed by atoms with Gasteiger partial charge in [0.25, 0.3) is 5.91 Å². The predicted molar refractivity (Wildman–Crippen MR) is 140 cm³/mol. The normalized spacial score (nSPS) is 10.9. The second kappa shape index (κ2) is 10.3. The molecule has 0 N–H and O–H groups in total. The molecule has 0 unspecified atom stereocenters. The Kier molecular flexibility index (Phi) is 7.22. The summed E-state index contributed by atoms with van der Waals surface area (Å²) in [7, 11) is 4.03. The fourth-order valence-corrected chi connectivity index (χ4v) is 4.44. The van der Waals surface area contributed by atoms with E-state index >= 15 is 0 Å². The van der Waals surface area contributed by atoms with Gasteiger partial charge in [-0.3, -0.25) is 4.79 Å². The quantitative estimate of drug-likeness (QED) is 0.284. The van der Waals surface area contributed by atoms with Gasteiger partial charge in [-0.2, -0.15) is 0 Å².